The molecule has 2 N–H and O–H groups in total. The Morgan fingerprint density at radius 1 is 1.19 bits per heavy atom. The Bertz CT molecular complexity index is 872. The number of anilines is 1. The summed E-state index contributed by atoms with van der Waals surface area (Å²) in [5, 5.41) is 0. The quantitative estimate of drug-likeness (QED) is 0.521. The second-order valence-electron chi connectivity index (χ2n) is 8.76. The Kier molecular flexibility index (Phi) is 8.80. The fourth-order valence-corrected chi connectivity index (χ4v) is 4.78. The SMILES string of the molecule is C=C(/C=C\C=C/C)C(=NC)C1CCN(C(=O)C2CCN(Cc3ccnc(N)c3)CC2)CC1. The number of rotatable bonds is 7. The van der Waals surface area contributed by atoms with Gasteiger partial charge in [-0.1, -0.05) is 30.9 Å². The molecule has 6 heteroatoms. The van der Waals surface area contributed by atoms with Crippen molar-refractivity contribution in [1.29, 1.82) is 0 Å². The van der Waals surface area contributed by atoms with Gasteiger partial charge in [-0.15, -0.1) is 0 Å². The summed E-state index contributed by atoms with van der Waals surface area (Å²) < 4.78 is 0. The van der Waals surface area contributed by atoms with Crippen LogP contribution in [0.25, 0.3) is 0 Å². The minimum Gasteiger partial charge on any atom is -0.384 e. The van der Waals surface area contributed by atoms with Crippen LogP contribution in [-0.2, 0) is 11.3 Å². The van der Waals surface area contributed by atoms with Crippen LogP contribution in [0.4, 0.5) is 5.82 Å². The van der Waals surface area contributed by atoms with Crippen LogP contribution in [0.2, 0.25) is 0 Å². The largest absolute Gasteiger partial charge is 0.384 e. The van der Waals surface area contributed by atoms with E-state index < -0.39 is 0 Å². The van der Waals surface area contributed by atoms with Crippen molar-refractivity contribution in [2.24, 2.45) is 16.8 Å². The number of likely N-dealkylation sites (tertiary alicyclic amines) is 2. The van der Waals surface area contributed by atoms with E-state index in [1.54, 1.807) is 6.20 Å². The van der Waals surface area contributed by atoms with Crippen LogP contribution in [-0.4, -0.2) is 59.6 Å². The Labute approximate surface area is 192 Å². The molecule has 172 valence electrons. The first-order chi connectivity index (χ1) is 15.5. The number of nitrogens with zero attached hydrogens (tertiary/aromatic N) is 4. The maximum Gasteiger partial charge on any atom is 0.225 e. The number of aromatic nitrogens is 1. The van der Waals surface area contributed by atoms with Gasteiger partial charge in [0.1, 0.15) is 5.82 Å². The van der Waals surface area contributed by atoms with E-state index in [1.165, 1.54) is 5.56 Å². The van der Waals surface area contributed by atoms with E-state index in [9.17, 15) is 4.79 Å². The van der Waals surface area contributed by atoms with E-state index in [0.717, 1.165) is 69.7 Å². The number of carbonyl (C=O) groups excluding carboxylic acids is 1. The molecular formula is C26H37N5O. The number of aliphatic imine (C=N–C) groups is 1. The van der Waals surface area contributed by atoms with Crippen LogP contribution in [0.1, 0.15) is 38.2 Å². The number of hydrogen-bond acceptors (Lipinski definition) is 5. The third kappa shape index (κ3) is 6.39. The predicted octanol–water partition coefficient (Wildman–Crippen LogP) is 3.87. The monoisotopic (exact) mass is 435 g/mol. The first-order valence-electron chi connectivity index (χ1n) is 11.7. The van der Waals surface area contributed by atoms with E-state index in [1.807, 2.05) is 50.4 Å². The topological polar surface area (TPSA) is 74.8 Å². The zero-order chi connectivity index (χ0) is 22.9. The molecule has 0 spiro atoms. The van der Waals surface area contributed by atoms with Crippen molar-refractivity contribution in [3.8, 4) is 0 Å². The third-order valence-electron chi connectivity index (χ3n) is 6.55. The van der Waals surface area contributed by atoms with Gasteiger partial charge in [0.2, 0.25) is 5.91 Å². The molecule has 2 aliphatic heterocycles. The van der Waals surface area contributed by atoms with Crippen molar-refractivity contribution in [2.45, 2.75) is 39.2 Å². The molecule has 0 aromatic carbocycles. The Hall–Kier alpha value is -2.73. The normalized spacial score (nSPS) is 19.8. The Morgan fingerprint density at radius 2 is 1.88 bits per heavy atom. The van der Waals surface area contributed by atoms with Gasteiger partial charge in [0, 0.05) is 50.4 Å². The molecule has 3 heterocycles. The Morgan fingerprint density at radius 3 is 2.50 bits per heavy atom. The molecule has 1 aromatic rings. The minimum absolute atomic E-state index is 0.142. The number of piperidine rings is 2. The first kappa shape index (κ1) is 23.9. The van der Waals surface area contributed by atoms with Gasteiger partial charge >= 0.3 is 0 Å². The summed E-state index contributed by atoms with van der Waals surface area (Å²) in [6.07, 6.45) is 13.5. The molecule has 2 fully saturated rings. The van der Waals surface area contributed by atoms with Crippen molar-refractivity contribution < 1.29 is 4.79 Å². The fraction of sp³-hybridized carbons (Fsp3) is 0.500. The van der Waals surface area contributed by atoms with E-state index in [-0.39, 0.29) is 5.92 Å². The average Bonchev–Trinajstić information content (AvgIpc) is 2.80. The third-order valence-corrected chi connectivity index (χ3v) is 6.55. The van der Waals surface area contributed by atoms with E-state index >= 15 is 0 Å². The van der Waals surface area contributed by atoms with Crippen LogP contribution in [0, 0.1) is 11.8 Å². The van der Waals surface area contributed by atoms with Crippen molar-refractivity contribution in [3.63, 3.8) is 0 Å². The van der Waals surface area contributed by atoms with Crippen molar-refractivity contribution in [1.82, 2.24) is 14.8 Å². The highest BCUT2D eigenvalue weighted by Crippen LogP contribution is 2.26. The lowest BCUT2D eigenvalue weighted by Gasteiger charge is -2.37. The molecule has 32 heavy (non-hydrogen) atoms. The lowest BCUT2D eigenvalue weighted by atomic mass is 9.87. The van der Waals surface area contributed by atoms with Crippen LogP contribution in [0.15, 0.2) is 59.8 Å². The zero-order valence-electron chi connectivity index (χ0n) is 19.5. The van der Waals surface area contributed by atoms with Crippen LogP contribution in [0.5, 0.6) is 0 Å². The van der Waals surface area contributed by atoms with Gasteiger partial charge in [0.25, 0.3) is 0 Å². The van der Waals surface area contributed by atoms with Crippen LogP contribution in [0.3, 0.4) is 0 Å². The lowest BCUT2D eigenvalue weighted by molar-refractivity contribution is -0.138. The smallest absolute Gasteiger partial charge is 0.225 e. The summed E-state index contributed by atoms with van der Waals surface area (Å²) >= 11 is 0. The fourth-order valence-electron chi connectivity index (χ4n) is 4.78. The van der Waals surface area contributed by atoms with Crippen molar-refractivity contribution >= 4 is 17.4 Å². The summed E-state index contributed by atoms with van der Waals surface area (Å²) in [6, 6.07) is 3.94. The molecule has 0 radical (unpaired) electrons. The van der Waals surface area contributed by atoms with Crippen molar-refractivity contribution in [2.75, 3.05) is 39.0 Å². The van der Waals surface area contributed by atoms with Crippen molar-refractivity contribution in [3.05, 3.63) is 60.3 Å². The van der Waals surface area contributed by atoms with Gasteiger partial charge in [-0.05, 0) is 69.0 Å². The molecular weight excluding hydrogens is 398 g/mol. The second-order valence-corrected chi connectivity index (χ2v) is 8.76. The van der Waals surface area contributed by atoms with Crippen LogP contribution >= 0.6 is 0 Å². The molecule has 0 bridgehead atoms. The van der Waals surface area contributed by atoms with E-state index in [2.05, 4.69) is 26.4 Å². The number of allylic oxidation sites excluding steroid dienone is 5. The minimum atomic E-state index is 0.142. The molecule has 1 amide bonds. The molecule has 0 saturated carbocycles. The molecule has 0 atom stereocenters. The lowest BCUT2D eigenvalue weighted by Crippen LogP contribution is -2.46. The molecule has 0 aliphatic carbocycles. The maximum atomic E-state index is 13.1. The summed E-state index contributed by atoms with van der Waals surface area (Å²) in [7, 11) is 1.84. The highest BCUT2D eigenvalue weighted by Gasteiger charge is 2.32. The Balaban J connectivity index is 1.46. The van der Waals surface area contributed by atoms with Crippen LogP contribution < -0.4 is 5.73 Å². The highest BCUT2D eigenvalue weighted by molar-refractivity contribution is 6.03. The summed E-state index contributed by atoms with van der Waals surface area (Å²) in [5.74, 6) is 1.41. The van der Waals surface area contributed by atoms with Gasteiger partial charge in [0.05, 0.1) is 0 Å². The highest BCUT2D eigenvalue weighted by atomic mass is 16.2. The molecule has 0 unspecified atom stereocenters. The van der Waals surface area contributed by atoms with Gasteiger partial charge in [-0.25, -0.2) is 4.98 Å². The standard InChI is InChI=1S/C26H37N5O/c1-4-5-6-7-20(2)25(28-3)22-11-16-31(17-12-22)26(32)23-9-14-30(15-10-23)19-21-8-13-29-24(27)18-21/h4-8,13,18,22-23H,2,9-12,14-17,19H2,1,3H3,(H2,27,29)/b5-4-,7-6-,28-25?. The molecule has 2 aliphatic rings. The summed E-state index contributed by atoms with van der Waals surface area (Å²) in [4.78, 5) is 26.2. The first-order valence-corrected chi connectivity index (χ1v) is 11.7. The molecule has 2 saturated heterocycles. The van der Waals surface area contributed by atoms with Gasteiger partial charge < -0.3 is 10.6 Å². The number of amides is 1. The molecule has 1 aromatic heterocycles. The summed E-state index contributed by atoms with van der Waals surface area (Å²) in [5.41, 5.74) is 9.01. The molecule has 3 rings (SSSR count). The number of carbonyl (C=O) groups is 1. The van der Waals surface area contributed by atoms with Gasteiger partial charge in [-0.2, -0.15) is 0 Å². The summed E-state index contributed by atoms with van der Waals surface area (Å²) in [6.45, 7) is 10.6. The van der Waals surface area contributed by atoms with E-state index in [4.69, 9.17) is 5.73 Å². The van der Waals surface area contributed by atoms with Gasteiger partial charge in [-0.3, -0.25) is 14.7 Å². The number of hydrogen-bond donors (Lipinski definition) is 1. The molecule has 6 nitrogen and oxygen atoms in total. The van der Waals surface area contributed by atoms with E-state index in [0.29, 0.717) is 17.6 Å². The predicted molar refractivity (Wildman–Crippen MR) is 132 cm³/mol. The number of nitrogen functional groups attached to an aromatic ring is 1. The van der Waals surface area contributed by atoms with Gasteiger partial charge in [0.15, 0.2) is 0 Å². The second kappa shape index (κ2) is 11.8. The number of pyridine rings is 1. The zero-order valence-corrected chi connectivity index (χ0v) is 19.5. The average molecular weight is 436 g/mol. The number of nitrogens with two attached hydrogens (primary N) is 1. The maximum absolute atomic E-state index is 13.1.